The van der Waals surface area contributed by atoms with Crippen molar-refractivity contribution >= 4 is 23.5 Å². The third kappa shape index (κ3) is 3.10. The van der Waals surface area contributed by atoms with Gasteiger partial charge in [-0.15, -0.1) is 11.8 Å². The van der Waals surface area contributed by atoms with Gasteiger partial charge in [0.05, 0.1) is 0 Å². The van der Waals surface area contributed by atoms with E-state index in [1.807, 2.05) is 0 Å². The lowest BCUT2D eigenvalue weighted by molar-refractivity contribution is -0.132. The molecule has 0 radical (unpaired) electrons. The standard InChI is InChI=1S/C9H10N2O2S/c1-6(9(12)13)5-14-7-2-3-8(10)11-4-7/h2-4H,1,5H2,(H2,10,11)(H,12,13). The summed E-state index contributed by atoms with van der Waals surface area (Å²) in [6.45, 7) is 3.42. The molecule has 0 fully saturated rings. The van der Waals surface area contributed by atoms with Crippen molar-refractivity contribution in [2.75, 3.05) is 11.5 Å². The number of anilines is 1. The number of aliphatic carboxylic acids is 1. The third-order valence-electron chi connectivity index (χ3n) is 1.47. The molecule has 1 aromatic rings. The molecule has 3 N–H and O–H groups in total. The zero-order valence-corrected chi connectivity index (χ0v) is 8.25. The van der Waals surface area contributed by atoms with E-state index in [4.69, 9.17) is 10.8 Å². The molecule has 0 aliphatic rings. The van der Waals surface area contributed by atoms with Gasteiger partial charge in [0.2, 0.25) is 0 Å². The number of carboxylic acid groups (broad SMARTS) is 1. The van der Waals surface area contributed by atoms with Crippen LogP contribution in [0.15, 0.2) is 35.4 Å². The minimum atomic E-state index is -0.971. The number of hydrogen-bond acceptors (Lipinski definition) is 4. The van der Waals surface area contributed by atoms with E-state index in [0.717, 1.165) is 4.90 Å². The van der Waals surface area contributed by atoms with E-state index < -0.39 is 5.97 Å². The Morgan fingerprint density at radius 3 is 2.86 bits per heavy atom. The van der Waals surface area contributed by atoms with Crippen molar-refractivity contribution in [2.45, 2.75) is 4.90 Å². The molecule has 0 unspecified atom stereocenters. The highest BCUT2D eigenvalue weighted by atomic mass is 32.2. The maximum atomic E-state index is 10.4. The van der Waals surface area contributed by atoms with Crippen LogP contribution < -0.4 is 5.73 Å². The number of rotatable bonds is 4. The van der Waals surface area contributed by atoms with Gasteiger partial charge in [-0.25, -0.2) is 9.78 Å². The van der Waals surface area contributed by atoms with Crippen LogP contribution in [0.1, 0.15) is 0 Å². The van der Waals surface area contributed by atoms with Crippen LogP contribution in [0, 0.1) is 0 Å². The minimum absolute atomic E-state index is 0.173. The smallest absolute Gasteiger partial charge is 0.331 e. The molecule has 0 amide bonds. The Morgan fingerprint density at radius 2 is 2.36 bits per heavy atom. The van der Waals surface area contributed by atoms with Gasteiger partial charge in [0.15, 0.2) is 0 Å². The van der Waals surface area contributed by atoms with Gasteiger partial charge in [-0.2, -0.15) is 0 Å². The van der Waals surface area contributed by atoms with E-state index in [9.17, 15) is 4.79 Å². The van der Waals surface area contributed by atoms with Crippen molar-refractivity contribution in [3.63, 3.8) is 0 Å². The van der Waals surface area contributed by atoms with Gasteiger partial charge in [0.25, 0.3) is 0 Å². The Labute approximate surface area is 85.8 Å². The molecule has 1 aromatic heterocycles. The quantitative estimate of drug-likeness (QED) is 0.580. The second-order valence-corrected chi connectivity index (χ2v) is 3.66. The molecule has 0 saturated carbocycles. The number of thioether (sulfide) groups is 1. The number of carbonyl (C=O) groups is 1. The van der Waals surface area contributed by atoms with Crippen molar-refractivity contribution in [3.8, 4) is 0 Å². The molecule has 0 aromatic carbocycles. The second kappa shape index (κ2) is 4.66. The molecule has 14 heavy (non-hydrogen) atoms. The van der Waals surface area contributed by atoms with Crippen molar-refractivity contribution in [3.05, 3.63) is 30.5 Å². The van der Waals surface area contributed by atoms with Crippen LogP contribution in [-0.4, -0.2) is 21.8 Å². The molecule has 1 heterocycles. The van der Waals surface area contributed by atoms with Gasteiger partial charge >= 0.3 is 5.97 Å². The highest BCUT2D eigenvalue weighted by Crippen LogP contribution is 2.19. The molecular weight excluding hydrogens is 200 g/mol. The number of carboxylic acids is 1. The predicted molar refractivity (Wildman–Crippen MR) is 56.1 cm³/mol. The Kier molecular flexibility index (Phi) is 3.53. The van der Waals surface area contributed by atoms with Crippen LogP contribution in [0.3, 0.4) is 0 Å². The third-order valence-corrected chi connectivity index (χ3v) is 2.54. The van der Waals surface area contributed by atoms with Gasteiger partial charge in [0, 0.05) is 22.4 Å². The number of hydrogen-bond donors (Lipinski definition) is 2. The van der Waals surface area contributed by atoms with E-state index in [0.29, 0.717) is 11.6 Å². The summed E-state index contributed by atoms with van der Waals surface area (Å²) >= 11 is 1.37. The first-order valence-electron chi connectivity index (χ1n) is 3.85. The molecule has 4 nitrogen and oxygen atoms in total. The van der Waals surface area contributed by atoms with Crippen LogP contribution in [0.25, 0.3) is 0 Å². The molecule has 0 spiro atoms. The number of nitrogen functional groups attached to an aromatic ring is 1. The highest BCUT2D eigenvalue weighted by Gasteiger charge is 2.04. The first kappa shape index (κ1) is 10.6. The van der Waals surface area contributed by atoms with E-state index in [-0.39, 0.29) is 5.57 Å². The topological polar surface area (TPSA) is 76.2 Å². The molecule has 1 rings (SSSR count). The number of nitrogens with two attached hydrogens (primary N) is 1. The number of nitrogens with zero attached hydrogens (tertiary/aromatic N) is 1. The van der Waals surface area contributed by atoms with Gasteiger partial charge in [-0.3, -0.25) is 0 Å². The second-order valence-electron chi connectivity index (χ2n) is 2.62. The van der Waals surface area contributed by atoms with Crippen molar-refractivity contribution < 1.29 is 9.90 Å². The van der Waals surface area contributed by atoms with Crippen LogP contribution >= 0.6 is 11.8 Å². The average Bonchev–Trinajstić information content (AvgIpc) is 2.16. The maximum Gasteiger partial charge on any atom is 0.331 e. The predicted octanol–water partition coefficient (Wildman–Crippen LogP) is 1.40. The van der Waals surface area contributed by atoms with Crippen molar-refractivity contribution in [1.82, 2.24) is 4.98 Å². The fraction of sp³-hybridized carbons (Fsp3) is 0.111. The van der Waals surface area contributed by atoms with Gasteiger partial charge in [-0.05, 0) is 12.1 Å². The van der Waals surface area contributed by atoms with E-state index in [1.54, 1.807) is 18.3 Å². The summed E-state index contributed by atoms with van der Waals surface area (Å²) in [5, 5.41) is 8.56. The van der Waals surface area contributed by atoms with E-state index in [2.05, 4.69) is 11.6 Å². The molecule has 0 aliphatic heterocycles. The van der Waals surface area contributed by atoms with E-state index in [1.165, 1.54) is 11.8 Å². The van der Waals surface area contributed by atoms with Gasteiger partial charge in [0.1, 0.15) is 5.82 Å². The monoisotopic (exact) mass is 210 g/mol. The molecule has 74 valence electrons. The zero-order chi connectivity index (χ0) is 10.6. The molecule has 0 aliphatic carbocycles. The van der Waals surface area contributed by atoms with Gasteiger partial charge < -0.3 is 10.8 Å². The Morgan fingerprint density at radius 1 is 1.64 bits per heavy atom. The van der Waals surface area contributed by atoms with Crippen LogP contribution in [-0.2, 0) is 4.79 Å². The Balaban J connectivity index is 2.50. The lowest BCUT2D eigenvalue weighted by Gasteiger charge is -2.00. The van der Waals surface area contributed by atoms with Crippen molar-refractivity contribution in [1.29, 1.82) is 0 Å². The number of aromatic nitrogens is 1. The van der Waals surface area contributed by atoms with Gasteiger partial charge in [-0.1, -0.05) is 6.58 Å². The summed E-state index contributed by atoms with van der Waals surface area (Å²) in [7, 11) is 0. The summed E-state index contributed by atoms with van der Waals surface area (Å²) in [5.41, 5.74) is 5.57. The lowest BCUT2D eigenvalue weighted by Crippen LogP contribution is -2.00. The van der Waals surface area contributed by atoms with Crippen LogP contribution in [0.5, 0.6) is 0 Å². The summed E-state index contributed by atoms with van der Waals surface area (Å²) in [6.07, 6.45) is 1.61. The first-order chi connectivity index (χ1) is 6.59. The minimum Gasteiger partial charge on any atom is -0.478 e. The normalized spacial score (nSPS) is 9.71. The maximum absolute atomic E-state index is 10.4. The Bertz CT molecular complexity index is 348. The summed E-state index contributed by atoms with van der Waals surface area (Å²) in [5.74, 6) is -0.173. The summed E-state index contributed by atoms with van der Waals surface area (Å²) in [6, 6.07) is 3.47. The molecule has 0 atom stereocenters. The molecule has 5 heteroatoms. The van der Waals surface area contributed by atoms with Crippen molar-refractivity contribution in [2.24, 2.45) is 0 Å². The molecule has 0 bridgehead atoms. The average molecular weight is 210 g/mol. The SMILES string of the molecule is C=C(CSc1ccc(N)nc1)C(=O)O. The lowest BCUT2D eigenvalue weighted by atomic mass is 10.4. The largest absolute Gasteiger partial charge is 0.478 e. The fourth-order valence-electron chi connectivity index (χ4n) is 0.709. The highest BCUT2D eigenvalue weighted by molar-refractivity contribution is 7.99. The van der Waals surface area contributed by atoms with Crippen LogP contribution in [0.4, 0.5) is 5.82 Å². The number of pyridine rings is 1. The fourth-order valence-corrected chi connectivity index (χ4v) is 1.47. The van der Waals surface area contributed by atoms with E-state index >= 15 is 0 Å². The molecule has 0 saturated heterocycles. The summed E-state index contributed by atoms with van der Waals surface area (Å²) in [4.78, 5) is 15.2. The summed E-state index contributed by atoms with van der Waals surface area (Å²) < 4.78 is 0. The van der Waals surface area contributed by atoms with Crippen LogP contribution in [0.2, 0.25) is 0 Å². The molecular formula is C9H10N2O2S. The Hall–Kier alpha value is -1.49. The zero-order valence-electron chi connectivity index (χ0n) is 7.43. The first-order valence-corrected chi connectivity index (χ1v) is 4.83.